The van der Waals surface area contributed by atoms with Crippen LogP contribution in [0.1, 0.15) is 5.56 Å². The Morgan fingerprint density at radius 1 is 0.895 bits per heavy atom. The largest absolute Gasteiger partial charge is 0.478 e. The van der Waals surface area contributed by atoms with Crippen molar-refractivity contribution in [3.05, 3.63) is 40.1 Å². The summed E-state index contributed by atoms with van der Waals surface area (Å²) in [5.74, 6) is -1.02. The topological polar surface area (TPSA) is 37.3 Å². The average molecular weight is 714 g/mol. The van der Waals surface area contributed by atoms with Crippen molar-refractivity contribution in [2.24, 2.45) is 0 Å². The van der Waals surface area contributed by atoms with Crippen LogP contribution in [-0.4, -0.2) is 11.1 Å². The predicted molar refractivity (Wildman–Crippen MR) is 101 cm³/mol. The van der Waals surface area contributed by atoms with Gasteiger partial charge in [-0.2, -0.15) is 0 Å². The second kappa shape index (κ2) is 7.37. The molecule has 0 spiro atoms. The molecule has 0 unspecified atom stereocenters. The van der Waals surface area contributed by atoms with E-state index in [0.29, 0.717) is 0 Å². The van der Waals surface area contributed by atoms with Crippen LogP contribution < -0.4 is 0 Å². The molecule has 0 aromatic heterocycles. The molecule has 1 aromatic rings. The lowest BCUT2D eigenvalue weighted by molar-refractivity contribution is -0.131. The lowest BCUT2D eigenvalue weighted by atomic mass is 10.1. The smallest absolute Gasteiger partial charge is 0.328 e. The molecule has 0 aliphatic carbocycles. The summed E-state index contributed by atoms with van der Waals surface area (Å²) in [6.45, 7) is 0. The maximum Gasteiger partial charge on any atom is 0.328 e. The average Bonchev–Trinajstić information content (AvgIpc) is 2.31. The van der Waals surface area contributed by atoms with Crippen LogP contribution in [0.3, 0.4) is 0 Å². The number of allylic oxidation sites excluding steroid dienone is 1. The molecule has 0 fully saturated rings. The first-order valence-corrected chi connectivity index (χ1v) is 9.96. The van der Waals surface area contributed by atoms with E-state index in [9.17, 15) is 4.79 Å². The molecule has 0 amide bonds. The number of aliphatic carboxylic acids is 1. The molecule has 9 heteroatoms. The number of hydrogen-bond donors (Lipinski definition) is 1. The number of hydrogen-bond acceptors (Lipinski definition) is 1. The Morgan fingerprint density at radius 3 is 1.63 bits per heavy atom. The zero-order valence-corrected chi connectivity index (χ0v) is 19.8. The van der Waals surface area contributed by atoms with Gasteiger partial charge in [0.15, 0.2) is 0 Å². The zero-order valence-electron chi connectivity index (χ0n) is 8.66. The third kappa shape index (κ3) is 4.39. The fraction of sp³-hybridized carbons (Fsp3) is 0.100. The third-order valence-corrected chi connectivity index (χ3v) is 9.39. The summed E-state index contributed by atoms with van der Waals surface area (Å²) in [5, 5.41) is 8.74. The van der Waals surface area contributed by atoms with Gasteiger partial charge >= 0.3 is 5.97 Å². The number of carboxylic acids is 1. The van der Waals surface area contributed by atoms with Crippen molar-refractivity contribution < 1.29 is 9.90 Å². The van der Waals surface area contributed by atoms with E-state index in [1.54, 1.807) is 0 Å². The first-order valence-electron chi connectivity index (χ1n) is 4.41. The molecule has 2 nitrogen and oxygen atoms in total. The van der Waals surface area contributed by atoms with Gasteiger partial charge in [0, 0.05) is 34.0 Å². The molecular weight excluding hydrogens is 711 g/mol. The van der Waals surface area contributed by atoms with Crippen LogP contribution in [-0.2, 0) is 8.03 Å². The highest BCUT2D eigenvalue weighted by atomic mass is 79.9. The molecule has 19 heavy (non-hydrogen) atoms. The van der Waals surface area contributed by atoms with E-state index in [4.69, 9.17) is 5.11 Å². The van der Waals surface area contributed by atoms with E-state index in [0.717, 1.165) is 34.0 Å². The highest BCUT2D eigenvalue weighted by molar-refractivity contribution is 9.25. The second-order valence-corrected chi connectivity index (χ2v) is 10.8. The Hall–Kier alpha value is 1.79. The van der Waals surface area contributed by atoms with Gasteiger partial charge in [0.25, 0.3) is 0 Å². The normalized spacial score (nSPS) is 12.2. The molecule has 0 atom stereocenters. The number of carboxylic acid groups (broad SMARTS) is 1. The van der Waals surface area contributed by atoms with Crippen molar-refractivity contribution in [3.63, 3.8) is 0 Å². The first-order chi connectivity index (χ1) is 8.59. The maximum absolute atomic E-state index is 10.7. The van der Waals surface area contributed by atoms with Crippen molar-refractivity contribution in [2.45, 2.75) is 3.23 Å². The summed E-state index contributed by atoms with van der Waals surface area (Å²) in [7, 11) is 0. The van der Waals surface area contributed by atoms with Crippen molar-refractivity contribution in [1.29, 1.82) is 0 Å². The molecule has 0 bridgehead atoms. The van der Waals surface area contributed by atoms with Gasteiger partial charge in [-0.1, -0.05) is 31.9 Å². The second-order valence-electron chi connectivity index (χ2n) is 3.24. The van der Waals surface area contributed by atoms with E-state index < -0.39 is 9.20 Å². The molecular formula is C10H3Br7O2. The molecule has 0 aliphatic heterocycles. The van der Waals surface area contributed by atoms with Gasteiger partial charge < -0.3 is 5.11 Å². The van der Waals surface area contributed by atoms with Crippen LogP contribution in [0.5, 0.6) is 0 Å². The fourth-order valence-electron chi connectivity index (χ4n) is 1.16. The lowest BCUT2D eigenvalue weighted by Crippen LogP contribution is -2.09. The number of benzene rings is 1. The van der Waals surface area contributed by atoms with E-state index >= 15 is 0 Å². The number of alkyl halides is 2. The van der Waals surface area contributed by atoms with Gasteiger partial charge in [0.2, 0.25) is 0 Å². The summed E-state index contributed by atoms with van der Waals surface area (Å²) in [4.78, 5) is 10.7. The van der Waals surface area contributed by atoms with Gasteiger partial charge in [-0.25, -0.2) is 4.79 Å². The molecule has 0 heterocycles. The molecule has 1 N–H and O–H groups in total. The minimum absolute atomic E-state index is 0.776. The quantitative estimate of drug-likeness (QED) is 0.157. The van der Waals surface area contributed by atoms with Crippen LogP contribution in [0.15, 0.2) is 34.5 Å². The van der Waals surface area contributed by atoms with E-state index in [-0.39, 0.29) is 0 Å². The van der Waals surface area contributed by atoms with Crippen molar-refractivity contribution in [3.8, 4) is 0 Å². The van der Waals surface area contributed by atoms with Gasteiger partial charge in [0.05, 0.1) is 0 Å². The van der Waals surface area contributed by atoms with Gasteiger partial charge in [-0.3, -0.25) is 0 Å². The Bertz CT molecular complexity index is 536. The predicted octanol–water partition coefficient (Wildman–Crippen LogP) is 7.08. The number of halogens is 7. The Balaban J connectivity index is 3.55. The van der Waals surface area contributed by atoms with E-state index in [2.05, 4.69) is 112 Å². The highest BCUT2D eigenvalue weighted by Crippen LogP contribution is 2.53. The summed E-state index contributed by atoms with van der Waals surface area (Å²) < 4.78 is 3.18. The van der Waals surface area contributed by atoms with Crippen LogP contribution in [0.25, 0.3) is 0 Å². The van der Waals surface area contributed by atoms with Crippen molar-refractivity contribution in [2.75, 3.05) is 0 Å². The van der Waals surface area contributed by atoms with Gasteiger partial charge in [0.1, 0.15) is 3.23 Å². The third-order valence-electron chi connectivity index (χ3n) is 1.98. The molecule has 0 saturated heterocycles. The van der Waals surface area contributed by atoms with Crippen LogP contribution in [0.4, 0.5) is 0 Å². The van der Waals surface area contributed by atoms with E-state index in [1.807, 2.05) is 0 Å². The molecule has 1 rings (SSSR count). The van der Waals surface area contributed by atoms with E-state index in [1.165, 1.54) is 6.08 Å². The Labute approximate surface area is 168 Å². The van der Waals surface area contributed by atoms with Gasteiger partial charge in [-0.15, -0.1) is 0 Å². The SMILES string of the molecule is O=C(O)C=CC(Br)(Br)c1c(Br)c(Br)c(Br)c(Br)c1Br. The van der Waals surface area contributed by atoms with Crippen LogP contribution in [0.2, 0.25) is 0 Å². The molecule has 1 aromatic carbocycles. The Kier molecular flexibility index (Phi) is 7.31. The zero-order chi connectivity index (χ0) is 15.0. The summed E-state index contributed by atoms with van der Waals surface area (Å²) in [6.07, 6.45) is 2.55. The van der Waals surface area contributed by atoms with Crippen molar-refractivity contribution in [1.82, 2.24) is 0 Å². The van der Waals surface area contributed by atoms with Crippen LogP contribution in [0, 0.1) is 0 Å². The minimum Gasteiger partial charge on any atom is -0.478 e. The molecule has 104 valence electrons. The minimum atomic E-state index is -1.02. The fourth-order valence-corrected chi connectivity index (χ4v) is 6.95. The molecule has 0 radical (unpaired) electrons. The standard InChI is InChI=1S/C10H3Br7O2/c11-5-4(10(16,17)2-1-3(18)19)6(12)8(14)9(15)7(5)13/h1-2H,(H,18,19). The molecule has 0 saturated carbocycles. The summed E-state index contributed by atoms with van der Waals surface area (Å²) in [5.41, 5.74) is 0.784. The summed E-state index contributed by atoms with van der Waals surface area (Å²) >= 11 is 24.3. The monoisotopic (exact) mass is 707 g/mol. The number of carbonyl (C=O) groups is 1. The van der Waals surface area contributed by atoms with Gasteiger partial charge in [-0.05, 0) is 85.7 Å². The number of rotatable bonds is 3. The molecule has 0 aliphatic rings. The lowest BCUT2D eigenvalue weighted by Gasteiger charge is -2.22. The summed E-state index contributed by atoms with van der Waals surface area (Å²) in [6, 6.07) is 0. The maximum atomic E-state index is 10.7. The van der Waals surface area contributed by atoms with Crippen molar-refractivity contribution >= 4 is 117 Å². The van der Waals surface area contributed by atoms with Crippen LogP contribution >= 0.6 is 112 Å². The Morgan fingerprint density at radius 2 is 1.26 bits per heavy atom. The highest BCUT2D eigenvalue weighted by Gasteiger charge is 2.31. The first kappa shape index (κ1) is 18.8.